The summed E-state index contributed by atoms with van der Waals surface area (Å²) in [6.07, 6.45) is 6.41. The molecule has 1 aliphatic rings. The Morgan fingerprint density at radius 2 is 1.80 bits per heavy atom. The van der Waals surface area contributed by atoms with E-state index in [9.17, 15) is 4.21 Å². The van der Waals surface area contributed by atoms with Crippen LogP contribution < -0.4 is 16.2 Å². The third kappa shape index (κ3) is 5.43. The molecule has 30 heavy (non-hydrogen) atoms. The fraction of sp³-hybridized carbons (Fsp3) is 0.250. The summed E-state index contributed by atoms with van der Waals surface area (Å²) in [6.45, 7) is 0. The zero-order valence-corrected chi connectivity index (χ0v) is 17.0. The van der Waals surface area contributed by atoms with E-state index in [4.69, 9.17) is 4.55 Å². The molecule has 0 unspecified atom stereocenters. The maximum Gasteiger partial charge on any atom is 0.225 e. The maximum absolute atomic E-state index is 10.8. The highest BCUT2D eigenvalue weighted by Gasteiger charge is 2.17. The Morgan fingerprint density at radius 3 is 2.50 bits per heavy atom. The van der Waals surface area contributed by atoms with E-state index in [1.807, 2.05) is 24.3 Å². The smallest absolute Gasteiger partial charge is 0.225 e. The molecular weight excluding hydrogens is 402 g/mol. The van der Waals surface area contributed by atoms with Crippen molar-refractivity contribution in [2.24, 2.45) is 4.36 Å². The lowest BCUT2D eigenvalue weighted by atomic mass is 10.2. The molecule has 1 fully saturated rings. The fourth-order valence-electron chi connectivity index (χ4n) is 3.31. The Kier molecular flexibility index (Phi) is 6.35. The summed E-state index contributed by atoms with van der Waals surface area (Å²) in [7, 11) is -2.22. The summed E-state index contributed by atoms with van der Waals surface area (Å²) in [4.78, 5) is 13.6. The minimum absolute atomic E-state index is 0.387. The van der Waals surface area contributed by atoms with Crippen LogP contribution in [0.25, 0.3) is 11.4 Å². The maximum atomic E-state index is 10.8. The van der Waals surface area contributed by atoms with Crippen molar-refractivity contribution >= 4 is 34.0 Å². The fourth-order valence-corrected chi connectivity index (χ4v) is 3.61. The van der Waals surface area contributed by atoms with Crippen LogP contribution in [0.3, 0.4) is 0 Å². The molecule has 4 N–H and O–H groups in total. The topological polar surface area (TPSA) is 124 Å². The number of nitrogens with zero attached hydrogens (tertiary/aromatic N) is 4. The number of rotatable bonds is 7. The Balaban J connectivity index is 1.53. The molecule has 0 spiro atoms. The number of anilines is 3. The number of aromatic nitrogens is 3. The summed E-state index contributed by atoms with van der Waals surface area (Å²) in [5, 5.41) is 3.43. The SMILES string of the molecule is O=[S-](O)=Nc1ccc(NNc2cc(-c3ccccn3)nc(NC3CCCC3)n2)cc1. The molecule has 3 aromatic rings. The van der Waals surface area contributed by atoms with E-state index in [2.05, 4.69) is 35.5 Å². The monoisotopic (exact) mass is 424 g/mol. The van der Waals surface area contributed by atoms with E-state index >= 15 is 0 Å². The van der Waals surface area contributed by atoms with Crippen LogP contribution in [0.1, 0.15) is 25.7 Å². The number of pyridine rings is 1. The van der Waals surface area contributed by atoms with Gasteiger partial charge in [0, 0.05) is 24.0 Å². The minimum atomic E-state index is -2.22. The van der Waals surface area contributed by atoms with Gasteiger partial charge in [-0.3, -0.25) is 15.8 Å². The van der Waals surface area contributed by atoms with Gasteiger partial charge < -0.3 is 18.4 Å². The summed E-state index contributed by atoms with van der Waals surface area (Å²) < 4.78 is 23.2. The lowest BCUT2D eigenvalue weighted by Crippen LogP contribution is -2.18. The largest absolute Gasteiger partial charge is 0.454 e. The first-order valence-corrected chi connectivity index (χ1v) is 10.7. The van der Waals surface area contributed by atoms with Crippen LogP contribution in [0.15, 0.2) is 59.1 Å². The molecule has 10 heteroatoms. The van der Waals surface area contributed by atoms with Gasteiger partial charge in [-0.1, -0.05) is 29.8 Å². The first kappa shape index (κ1) is 20.0. The van der Waals surface area contributed by atoms with Gasteiger partial charge in [-0.15, -0.1) is 0 Å². The van der Waals surface area contributed by atoms with Crippen molar-refractivity contribution in [2.75, 3.05) is 16.2 Å². The molecule has 9 nitrogen and oxygen atoms in total. The molecule has 1 saturated carbocycles. The van der Waals surface area contributed by atoms with E-state index in [1.165, 1.54) is 12.8 Å². The van der Waals surface area contributed by atoms with Crippen LogP contribution in [-0.2, 0) is 15.1 Å². The molecule has 2 heterocycles. The second-order valence-electron chi connectivity index (χ2n) is 6.92. The number of benzene rings is 1. The van der Waals surface area contributed by atoms with Crippen LogP contribution in [-0.4, -0.2) is 25.5 Å². The second-order valence-corrected chi connectivity index (χ2v) is 7.57. The standard InChI is InChI=1S/C20H22N7O2S/c28-30(29)27-16-10-8-15(9-11-16)25-26-19-13-18(17-7-3-4-12-21-17)23-20(24-19)22-14-5-1-2-6-14/h3-4,7-14,25H,1-2,5-6H2,(H,27,28,29)(H2,22,23,24,26)/q-1. The van der Waals surface area contributed by atoms with Crippen molar-refractivity contribution < 1.29 is 8.76 Å². The third-order valence-electron chi connectivity index (χ3n) is 4.73. The Morgan fingerprint density at radius 1 is 1.00 bits per heavy atom. The van der Waals surface area contributed by atoms with Crippen molar-refractivity contribution in [3.63, 3.8) is 0 Å². The lowest BCUT2D eigenvalue weighted by molar-refractivity contribution is 0.529. The molecule has 0 radical (unpaired) electrons. The summed E-state index contributed by atoms with van der Waals surface area (Å²) in [5.41, 5.74) is 8.81. The average molecular weight is 425 g/mol. The first-order chi connectivity index (χ1) is 14.7. The van der Waals surface area contributed by atoms with Crippen LogP contribution in [0.2, 0.25) is 0 Å². The van der Waals surface area contributed by atoms with E-state index in [-0.39, 0.29) is 0 Å². The third-order valence-corrected chi connectivity index (χ3v) is 5.09. The van der Waals surface area contributed by atoms with Crippen LogP contribution in [0.4, 0.5) is 23.1 Å². The van der Waals surface area contributed by atoms with Crippen LogP contribution in [0, 0.1) is 0 Å². The van der Waals surface area contributed by atoms with Crippen LogP contribution in [0.5, 0.6) is 0 Å². The van der Waals surface area contributed by atoms with Gasteiger partial charge in [0.1, 0.15) is 0 Å². The van der Waals surface area contributed by atoms with Gasteiger partial charge >= 0.3 is 0 Å². The highest BCUT2D eigenvalue weighted by molar-refractivity contribution is 7.68. The second kappa shape index (κ2) is 9.51. The molecule has 1 aromatic carbocycles. The number of nitrogens with one attached hydrogen (secondary N) is 3. The minimum Gasteiger partial charge on any atom is -0.454 e. The van der Waals surface area contributed by atoms with E-state index in [1.54, 1.807) is 30.5 Å². The number of hydrazine groups is 1. The molecule has 0 amide bonds. The molecule has 2 aromatic heterocycles. The highest BCUT2D eigenvalue weighted by Crippen LogP contribution is 2.24. The Labute approximate surface area is 176 Å². The molecule has 4 rings (SSSR count). The van der Waals surface area contributed by atoms with Crippen LogP contribution >= 0.6 is 0 Å². The van der Waals surface area contributed by atoms with Crippen molar-refractivity contribution in [3.8, 4) is 11.4 Å². The van der Waals surface area contributed by atoms with Crippen molar-refractivity contribution in [1.82, 2.24) is 15.0 Å². The summed E-state index contributed by atoms with van der Waals surface area (Å²) in [6, 6.07) is 14.7. The normalized spacial score (nSPS) is 15.1. The summed E-state index contributed by atoms with van der Waals surface area (Å²) in [5.74, 6) is 1.16. The first-order valence-electron chi connectivity index (χ1n) is 9.67. The van der Waals surface area contributed by atoms with Crippen molar-refractivity contribution in [1.29, 1.82) is 0 Å². The van der Waals surface area contributed by atoms with Gasteiger partial charge in [-0.25, -0.2) is 4.98 Å². The van der Waals surface area contributed by atoms with E-state index in [0.717, 1.165) is 29.9 Å². The molecule has 156 valence electrons. The predicted octanol–water partition coefficient (Wildman–Crippen LogP) is 4.58. The Hall–Kier alpha value is -3.24. The van der Waals surface area contributed by atoms with Gasteiger partial charge in [0.05, 0.1) is 17.1 Å². The van der Waals surface area contributed by atoms with Gasteiger partial charge in [0.25, 0.3) is 0 Å². The van der Waals surface area contributed by atoms with Gasteiger partial charge in [0.2, 0.25) is 5.95 Å². The molecule has 0 saturated heterocycles. The molecule has 0 bridgehead atoms. The summed E-state index contributed by atoms with van der Waals surface area (Å²) >= 11 is 0. The number of hydrogen-bond acceptors (Lipinski definition) is 9. The zero-order valence-electron chi connectivity index (χ0n) is 16.2. The molecule has 0 atom stereocenters. The average Bonchev–Trinajstić information content (AvgIpc) is 3.26. The van der Waals surface area contributed by atoms with Crippen molar-refractivity contribution in [3.05, 3.63) is 54.7 Å². The van der Waals surface area contributed by atoms with Gasteiger partial charge in [-0.05, 0) is 49.2 Å². The van der Waals surface area contributed by atoms with E-state index < -0.39 is 10.9 Å². The Bertz CT molecular complexity index is 1060. The molecule has 0 aliphatic heterocycles. The predicted molar refractivity (Wildman–Crippen MR) is 118 cm³/mol. The quantitative estimate of drug-likeness (QED) is 0.247. The molecular formula is C20H22N7O2S-. The van der Waals surface area contributed by atoms with E-state index in [0.29, 0.717) is 23.5 Å². The van der Waals surface area contributed by atoms with Gasteiger partial charge in [0.15, 0.2) is 5.82 Å². The lowest BCUT2D eigenvalue weighted by Gasteiger charge is -2.15. The van der Waals surface area contributed by atoms with Gasteiger partial charge in [-0.2, -0.15) is 4.98 Å². The zero-order chi connectivity index (χ0) is 20.8. The molecule has 1 aliphatic carbocycles. The number of hydrogen-bond donors (Lipinski definition) is 4. The highest BCUT2D eigenvalue weighted by atomic mass is 32.2. The van der Waals surface area contributed by atoms with Crippen molar-refractivity contribution in [2.45, 2.75) is 31.7 Å².